The Morgan fingerprint density at radius 2 is 1.74 bits per heavy atom. The number of carbonyl (C=O) groups excluding carboxylic acids is 1. The van der Waals surface area contributed by atoms with E-state index in [9.17, 15) is 4.79 Å². The molecule has 0 aliphatic heterocycles. The van der Waals surface area contributed by atoms with Crippen molar-refractivity contribution in [3.63, 3.8) is 0 Å². The summed E-state index contributed by atoms with van der Waals surface area (Å²) in [6.07, 6.45) is 8.21. The molecule has 6 rings (SSSR count). The summed E-state index contributed by atoms with van der Waals surface area (Å²) in [6.45, 7) is 6.35. The molecule has 0 unspecified atom stereocenters. The number of hydrogen-bond acceptors (Lipinski definition) is 3. The van der Waals surface area contributed by atoms with Gasteiger partial charge in [0.2, 0.25) is 0 Å². The zero-order valence-electron chi connectivity index (χ0n) is 16.6. The van der Waals surface area contributed by atoms with Crippen molar-refractivity contribution >= 4 is 17.0 Å². The van der Waals surface area contributed by atoms with Gasteiger partial charge in [0, 0.05) is 17.5 Å². The molecule has 144 valence electrons. The molecule has 0 saturated heterocycles. The molecule has 4 saturated carbocycles. The monoisotopic (exact) mass is 366 g/mol. The average Bonchev–Trinajstić information content (AvgIpc) is 3.04. The van der Waals surface area contributed by atoms with Gasteiger partial charge in [0.15, 0.2) is 11.5 Å². The van der Waals surface area contributed by atoms with Crippen molar-refractivity contribution in [1.29, 1.82) is 0 Å². The van der Waals surface area contributed by atoms with E-state index in [2.05, 4.69) is 31.1 Å². The fraction of sp³-hybridized carbons (Fsp3) is 0.652. The van der Waals surface area contributed by atoms with Crippen LogP contribution in [-0.4, -0.2) is 16.9 Å². The first-order valence-corrected chi connectivity index (χ1v) is 10.6. The van der Waals surface area contributed by atoms with Crippen LogP contribution in [-0.2, 0) is 0 Å². The van der Waals surface area contributed by atoms with Gasteiger partial charge in [-0.15, -0.1) is 0 Å². The molecule has 1 heterocycles. The average molecular weight is 367 g/mol. The summed E-state index contributed by atoms with van der Waals surface area (Å²) in [5, 5.41) is 3.35. The van der Waals surface area contributed by atoms with Gasteiger partial charge in [-0.25, -0.2) is 4.98 Å². The Bertz CT molecular complexity index is 846. The van der Waals surface area contributed by atoms with Crippen LogP contribution in [0.25, 0.3) is 11.1 Å². The van der Waals surface area contributed by atoms with E-state index in [1.807, 2.05) is 18.2 Å². The largest absolute Gasteiger partial charge is 0.440 e. The van der Waals surface area contributed by atoms with E-state index in [0.717, 1.165) is 29.2 Å². The molecule has 1 atom stereocenters. The van der Waals surface area contributed by atoms with E-state index in [1.165, 1.54) is 38.5 Å². The molecular formula is C23H30N2O2. The number of carbonyl (C=O) groups is 1. The van der Waals surface area contributed by atoms with Crippen molar-refractivity contribution in [2.45, 2.75) is 71.3 Å². The fourth-order valence-electron chi connectivity index (χ4n) is 6.47. The first-order chi connectivity index (χ1) is 12.9. The second-order valence-corrected chi connectivity index (χ2v) is 9.86. The number of amides is 1. The summed E-state index contributed by atoms with van der Waals surface area (Å²) in [6, 6.07) is 5.84. The molecule has 4 fully saturated rings. The molecular weight excluding hydrogens is 336 g/mol. The lowest BCUT2D eigenvalue weighted by molar-refractivity contribution is -0.0688. The highest BCUT2D eigenvalue weighted by Gasteiger charge is 2.53. The van der Waals surface area contributed by atoms with E-state index in [0.29, 0.717) is 16.6 Å². The van der Waals surface area contributed by atoms with Gasteiger partial charge in [-0.1, -0.05) is 13.8 Å². The number of hydrogen-bond donors (Lipinski definition) is 1. The predicted molar refractivity (Wildman–Crippen MR) is 106 cm³/mol. The molecule has 4 nitrogen and oxygen atoms in total. The Balaban J connectivity index is 1.35. The minimum Gasteiger partial charge on any atom is -0.440 e. The first kappa shape index (κ1) is 17.3. The molecule has 4 aliphatic carbocycles. The fourth-order valence-corrected chi connectivity index (χ4v) is 6.47. The lowest BCUT2D eigenvalue weighted by atomic mass is 9.48. The van der Waals surface area contributed by atoms with Gasteiger partial charge in [-0.05, 0) is 86.8 Å². The molecule has 1 amide bonds. The molecule has 1 aromatic carbocycles. The maximum atomic E-state index is 13.0. The summed E-state index contributed by atoms with van der Waals surface area (Å²) in [5.41, 5.74) is 2.52. The van der Waals surface area contributed by atoms with E-state index in [-0.39, 0.29) is 17.9 Å². The van der Waals surface area contributed by atoms with Gasteiger partial charge in [-0.2, -0.15) is 0 Å². The zero-order valence-corrected chi connectivity index (χ0v) is 16.6. The maximum Gasteiger partial charge on any atom is 0.251 e. The number of nitrogens with zero attached hydrogens (tertiary/aromatic N) is 1. The third-order valence-electron chi connectivity index (χ3n) is 7.51. The molecule has 4 aliphatic rings. The molecule has 0 spiro atoms. The highest BCUT2D eigenvalue weighted by atomic mass is 16.3. The van der Waals surface area contributed by atoms with Crippen molar-refractivity contribution in [3.8, 4) is 0 Å². The number of benzene rings is 1. The standard InChI is InChI=1S/C23H30N2O2/c1-13(2)22-25-19-5-4-18(9-20(19)27-22)21(26)24-14(3)23-10-15-6-16(11-23)8-17(7-15)12-23/h4-5,9,13-17H,6-8,10-12H2,1-3H3,(H,24,26)/t14-,15?,16?,17?,23?/m0/s1. The molecule has 0 radical (unpaired) electrons. The zero-order chi connectivity index (χ0) is 18.8. The van der Waals surface area contributed by atoms with Crippen LogP contribution in [0, 0.1) is 23.2 Å². The number of aromatic nitrogens is 1. The van der Waals surface area contributed by atoms with Crippen molar-refractivity contribution in [3.05, 3.63) is 29.7 Å². The quantitative estimate of drug-likeness (QED) is 0.800. The number of fused-ring (bicyclic) bond motifs is 1. The van der Waals surface area contributed by atoms with Crippen LogP contribution < -0.4 is 5.32 Å². The van der Waals surface area contributed by atoms with Crippen LogP contribution in [0.1, 0.15) is 81.5 Å². The second kappa shape index (κ2) is 6.08. The van der Waals surface area contributed by atoms with E-state index in [4.69, 9.17) is 4.42 Å². The third kappa shape index (κ3) is 2.88. The summed E-state index contributed by atoms with van der Waals surface area (Å²) in [7, 11) is 0. The summed E-state index contributed by atoms with van der Waals surface area (Å²) in [4.78, 5) is 17.5. The number of oxazole rings is 1. The highest BCUT2D eigenvalue weighted by molar-refractivity contribution is 5.97. The lowest BCUT2D eigenvalue weighted by Gasteiger charge is -2.59. The van der Waals surface area contributed by atoms with Crippen LogP contribution in [0.5, 0.6) is 0 Å². The summed E-state index contributed by atoms with van der Waals surface area (Å²) < 4.78 is 5.83. The van der Waals surface area contributed by atoms with Gasteiger partial charge in [0.1, 0.15) is 5.52 Å². The second-order valence-electron chi connectivity index (χ2n) is 9.86. The van der Waals surface area contributed by atoms with Crippen molar-refractivity contribution in [2.75, 3.05) is 0 Å². The molecule has 1 N–H and O–H groups in total. The Labute approximate surface area is 161 Å². The number of nitrogens with one attached hydrogen (secondary N) is 1. The molecule has 4 heteroatoms. The Morgan fingerprint density at radius 1 is 1.11 bits per heavy atom. The number of rotatable bonds is 4. The minimum absolute atomic E-state index is 0.0163. The third-order valence-corrected chi connectivity index (χ3v) is 7.51. The van der Waals surface area contributed by atoms with Gasteiger partial charge in [0.05, 0.1) is 0 Å². The Hall–Kier alpha value is -1.84. The molecule has 1 aromatic heterocycles. The van der Waals surface area contributed by atoms with E-state index in [1.54, 1.807) is 0 Å². The Morgan fingerprint density at radius 3 is 2.33 bits per heavy atom. The van der Waals surface area contributed by atoms with Crippen molar-refractivity contribution in [1.82, 2.24) is 10.3 Å². The van der Waals surface area contributed by atoms with Crippen LogP contribution in [0.3, 0.4) is 0 Å². The van der Waals surface area contributed by atoms with Gasteiger partial charge >= 0.3 is 0 Å². The topological polar surface area (TPSA) is 55.1 Å². The maximum absolute atomic E-state index is 13.0. The highest BCUT2D eigenvalue weighted by Crippen LogP contribution is 2.61. The minimum atomic E-state index is 0.0163. The van der Waals surface area contributed by atoms with E-state index < -0.39 is 0 Å². The van der Waals surface area contributed by atoms with Crippen molar-refractivity contribution < 1.29 is 9.21 Å². The van der Waals surface area contributed by atoms with Crippen LogP contribution in [0.4, 0.5) is 0 Å². The summed E-state index contributed by atoms with van der Waals surface area (Å²) >= 11 is 0. The van der Waals surface area contributed by atoms with Crippen LogP contribution in [0.2, 0.25) is 0 Å². The first-order valence-electron chi connectivity index (χ1n) is 10.6. The normalized spacial score (nSPS) is 33.0. The van der Waals surface area contributed by atoms with Gasteiger partial charge in [0.25, 0.3) is 5.91 Å². The molecule has 2 aromatic rings. The predicted octanol–water partition coefficient (Wildman–Crippen LogP) is 5.29. The Kier molecular flexibility index (Phi) is 3.89. The SMILES string of the molecule is CC(C)c1nc2ccc(C(=O)N[C@@H](C)C34CC5CC(CC(C5)C3)C4)cc2o1. The van der Waals surface area contributed by atoms with Crippen LogP contribution >= 0.6 is 0 Å². The van der Waals surface area contributed by atoms with Crippen molar-refractivity contribution in [2.24, 2.45) is 23.2 Å². The van der Waals surface area contributed by atoms with Gasteiger partial charge < -0.3 is 9.73 Å². The summed E-state index contributed by atoms with van der Waals surface area (Å²) in [5.74, 6) is 3.68. The van der Waals surface area contributed by atoms with Gasteiger partial charge in [-0.3, -0.25) is 4.79 Å². The smallest absolute Gasteiger partial charge is 0.251 e. The molecule has 4 bridgehead atoms. The van der Waals surface area contributed by atoms with Crippen LogP contribution in [0.15, 0.2) is 22.6 Å². The molecule has 27 heavy (non-hydrogen) atoms. The lowest BCUT2D eigenvalue weighted by Crippen LogP contribution is -2.55. The van der Waals surface area contributed by atoms with E-state index >= 15 is 0 Å².